The smallest absolute Gasteiger partial charge is 0.262 e. The topological polar surface area (TPSA) is 99.7 Å². The molecular weight excluding hydrogens is 272 g/mol. The highest BCUT2D eigenvalue weighted by atomic mass is 32.2. The Hall–Kier alpha value is -1.16. The molecule has 9 heteroatoms. The maximum absolute atomic E-state index is 12.5. The van der Waals surface area contributed by atoms with Gasteiger partial charge in [0.25, 0.3) is 10.0 Å². The van der Waals surface area contributed by atoms with Crippen LogP contribution >= 0.6 is 0 Å². The van der Waals surface area contributed by atoms with E-state index < -0.39 is 10.0 Å². The summed E-state index contributed by atoms with van der Waals surface area (Å²) < 4.78 is 37.5. The number of ether oxygens (including phenoxy) is 2. The van der Waals surface area contributed by atoms with E-state index in [1.165, 1.54) is 29.4 Å². The predicted molar refractivity (Wildman–Crippen MR) is 70.1 cm³/mol. The molecule has 2 N–H and O–H groups in total. The van der Waals surface area contributed by atoms with Crippen molar-refractivity contribution in [2.45, 2.75) is 5.03 Å². The molecule has 0 atom stereocenters. The molecule has 0 saturated carbocycles. The van der Waals surface area contributed by atoms with Gasteiger partial charge >= 0.3 is 0 Å². The van der Waals surface area contributed by atoms with Gasteiger partial charge in [-0.05, 0) is 0 Å². The Labute approximate surface area is 113 Å². The molecule has 1 aromatic rings. The second kappa shape index (κ2) is 6.85. The molecule has 110 valence electrons. The first-order valence-electron chi connectivity index (χ1n) is 5.70. The van der Waals surface area contributed by atoms with Gasteiger partial charge in [-0.15, -0.1) is 0 Å². The van der Waals surface area contributed by atoms with Crippen molar-refractivity contribution in [3.8, 4) is 0 Å². The van der Waals surface area contributed by atoms with Crippen LogP contribution in [0.4, 0.5) is 5.82 Å². The molecule has 19 heavy (non-hydrogen) atoms. The number of nitrogens with zero attached hydrogens (tertiary/aromatic N) is 3. The number of aryl methyl sites for hydroxylation is 1. The van der Waals surface area contributed by atoms with Crippen LogP contribution < -0.4 is 5.73 Å². The molecule has 0 aliphatic rings. The summed E-state index contributed by atoms with van der Waals surface area (Å²) in [5.41, 5.74) is 5.62. The number of hydrogen-bond donors (Lipinski definition) is 1. The fourth-order valence-electron chi connectivity index (χ4n) is 1.61. The minimum absolute atomic E-state index is 0.0117. The van der Waals surface area contributed by atoms with E-state index in [0.29, 0.717) is 13.2 Å². The molecule has 0 radical (unpaired) electrons. The van der Waals surface area contributed by atoms with Crippen molar-refractivity contribution in [2.24, 2.45) is 7.05 Å². The van der Waals surface area contributed by atoms with Crippen molar-refractivity contribution in [2.75, 3.05) is 46.3 Å². The van der Waals surface area contributed by atoms with Crippen molar-refractivity contribution < 1.29 is 17.9 Å². The molecule has 0 amide bonds. The fraction of sp³-hybridized carbons (Fsp3) is 0.700. The standard InChI is InChI=1S/C10H20N4O4S/c1-13-8-12-9(11)10(13)19(15,16)14(4-6-17-2)5-7-18-3/h8H,4-7,11H2,1-3H3. The monoisotopic (exact) mass is 292 g/mol. The van der Waals surface area contributed by atoms with Gasteiger partial charge in [-0.3, -0.25) is 0 Å². The summed E-state index contributed by atoms with van der Waals surface area (Å²) in [5.74, 6) is -0.0117. The van der Waals surface area contributed by atoms with Crippen LogP contribution in [0.1, 0.15) is 0 Å². The number of imidazole rings is 1. The molecule has 0 fully saturated rings. The van der Waals surface area contributed by atoms with E-state index >= 15 is 0 Å². The maximum Gasteiger partial charge on any atom is 0.262 e. The van der Waals surface area contributed by atoms with E-state index in [2.05, 4.69) is 4.98 Å². The number of methoxy groups -OCH3 is 2. The van der Waals surface area contributed by atoms with Gasteiger partial charge in [0.2, 0.25) is 0 Å². The largest absolute Gasteiger partial charge is 0.383 e. The summed E-state index contributed by atoms with van der Waals surface area (Å²) in [6.07, 6.45) is 1.37. The minimum atomic E-state index is -3.71. The lowest BCUT2D eigenvalue weighted by Crippen LogP contribution is -2.37. The second-order valence-corrected chi connectivity index (χ2v) is 5.79. The van der Waals surface area contributed by atoms with Crippen molar-refractivity contribution in [3.05, 3.63) is 6.33 Å². The quantitative estimate of drug-likeness (QED) is 0.679. The van der Waals surface area contributed by atoms with Crippen LogP contribution in [0.3, 0.4) is 0 Å². The summed E-state index contributed by atoms with van der Waals surface area (Å²) in [6.45, 7) is 1.04. The van der Waals surface area contributed by atoms with Gasteiger partial charge in [0.15, 0.2) is 10.8 Å². The Morgan fingerprint density at radius 3 is 2.21 bits per heavy atom. The molecule has 0 aliphatic heterocycles. The van der Waals surface area contributed by atoms with E-state index in [1.807, 2.05) is 0 Å². The van der Waals surface area contributed by atoms with E-state index in [-0.39, 0.29) is 23.9 Å². The van der Waals surface area contributed by atoms with Crippen LogP contribution in [0.25, 0.3) is 0 Å². The average Bonchev–Trinajstić information content (AvgIpc) is 2.69. The third-order valence-corrected chi connectivity index (χ3v) is 4.61. The van der Waals surface area contributed by atoms with E-state index in [1.54, 1.807) is 7.05 Å². The van der Waals surface area contributed by atoms with Gasteiger partial charge in [0, 0.05) is 34.4 Å². The van der Waals surface area contributed by atoms with Crippen LogP contribution in [0, 0.1) is 0 Å². The van der Waals surface area contributed by atoms with Crippen LogP contribution in [-0.2, 0) is 26.5 Å². The van der Waals surface area contributed by atoms with Gasteiger partial charge in [0.1, 0.15) is 0 Å². The molecule has 8 nitrogen and oxygen atoms in total. The van der Waals surface area contributed by atoms with Crippen molar-refractivity contribution in [3.63, 3.8) is 0 Å². The zero-order valence-corrected chi connectivity index (χ0v) is 12.2. The Kier molecular flexibility index (Phi) is 5.73. The Morgan fingerprint density at radius 1 is 1.32 bits per heavy atom. The Balaban J connectivity index is 3.04. The number of nitrogens with two attached hydrogens (primary N) is 1. The molecule has 1 rings (SSSR count). The first kappa shape index (κ1) is 15.9. The lowest BCUT2D eigenvalue weighted by molar-refractivity contribution is 0.150. The number of rotatable bonds is 8. The first-order valence-corrected chi connectivity index (χ1v) is 7.14. The Bertz CT molecular complexity index is 472. The molecule has 0 saturated heterocycles. The molecule has 0 unspecified atom stereocenters. The summed E-state index contributed by atoms with van der Waals surface area (Å²) in [7, 11) is 0.897. The number of sulfonamides is 1. The highest BCUT2D eigenvalue weighted by Crippen LogP contribution is 2.20. The fourth-order valence-corrected chi connectivity index (χ4v) is 3.21. The van der Waals surface area contributed by atoms with Crippen molar-refractivity contribution >= 4 is 15.8 Å². The summed E-state index contributed by atoms with van der Waals surface area (Å²) in [4.78, 5) is 3.80. The zero-order chi connectivity index (χ0) is 14.5. The molecular formula is C10H20N4O4S. The SMILES string of the molecule is COCCN(CCOC)S(=O)(=O)c1c(N)ncn1C. The van der Waals surface area contributed by atoms with Gasteiger partial charge in [0.05, 0.1) is 19.5 Å². The molecule has 0 spiro atoms. The predicted octanol–water partition coefficient (Wildman–Crippen LogP) is -0.714. The van der Waals surface area contributed by atoms with Crippen molar-refractivity contribution in [1.82, 2.24) is 13.9 Å². The first-order chi connectivity index (χ1) is 8.95. The lowest BCUT2D eigenvalue weighted by atomic mass is 10.6. The highest BCUT2D eigenvalue weighted by Gasteiger charge is 2.29. The third kappa shape index (κ3) is 3.66. The van der Waals surface area contributed by atoms with Crippen molar-refractivity contribution in [1.29, 1.82) is 0 Å². The van der Waals surface area contributed by atoms with E-state index in [0.717, 1.165) is 0 Å². The molecule has 0 aromatic carbocycles. The van der Waals surface area contributed by atoms with E-state index in [4.69, 9.17) is 15.2 Å². The number of anilines is 1. The van der Waals surface area contributed by atoms with Gasteiger partial charge in [-0.1, -0.05) is 0 Å². The molecule has 0 aliphatic carbocycles. The number of nitrogen functional groups attached to an aromatic ring is 1. The third-order valence-electron chi connectivity index (χ3n) is 2.58. The summed E-state index contributed by atoms with van der Waals surface area (Å²) in [5, 5.41) is -0.0142. The van der Waals surface area contributed by atoms with Crippen LogP contribution in [0.2, 0.25) is 0 Å². The van der Waals surface area contributed by atoms with Crippen LogP contribution in [0.5, 0.6) is 0 Å². The van der Waals surface area contributed by atoms with Gasteiger partial charge in [-0.25, -0.2) is 13.4 Å². The van der Waals surface area contributed by atoms with Crippen LogP contribution in [-0.4, -0.2) is 62.8 Å². The minimum Gasteiger partial charge on any atom is -0.383 e. The van der Waals surface area contributed by atoms with Gasteiger partial charge < -0.3 is 19.8 Å². The summed E-state index contributed by atoms with van der Waals surface area (Å²) >= 11 is 0. The molecule has 1 heterocycles. The highest BCUT2D eigenvalue weighted by molar-refractivity contribution is 7.89. The van der Waals surface area contributed by atoms with E-state index in [9.17, 15) is 8.42 Å². The number of aromatic nitrogens is 2. The number of hydrogen-bond acceptors (Lipinski definition) is 6. The maximum atomic E-state index is 12.5. The average molecular weight is 292 g/mol. The normalized spacial score (nSPS) is 12.2. The zero-order valence-electron chi connectivity index (χ0n) is 11.4. The lowest BCUT2D eigenvalue weighted by Gasteiger charge is -2.21. The second-order valence-electron chi connectivity index (χ2n) is 3.94. The van der Waals surface area contributed by atoms with Crippen LogP contribution in [0.15, 0.2) is 11.4 Å². The summed E-state index contributed by atoms with van der Waals surface area (Å²) in [6, 6.07) is 0. The molecule has 0 bridgehead atoms. The Morgan fingerprint density at radius 2 is 1.84 bits per heavy atom. The molecule has 1 aromatic heterocycles. The van der Waals surface area contributed by atoms with Gasteiger partial charge in [-0.2, -0.15) is 4.31 Å².